The van der Waals surface area contributed by atoms with Gasteiger partial charge in [-0.2, -0.15) is 4.98 Å². The van der Waals surface area contributed by atoms with Crippen LogP contribution >= 0.6 is 11.3 Å². The molecule has 2 N–H and O–H groups in total. The van der Waals surface area contributed by atoms with E-state index in [9.17, 15) is 4.79 Å². The van der Waals surface area contributed by atoms with Crippen LogP contribution < -0.4 is 10.6 Å². The number of aryl methyl sites for hydroxylation is 2. The van der Waals surface area contributed by atoms with Gasteiger partial charge in [0, 0.05) is 10.6 Å². The number of nitrogens with one attached hydrogen (secondary N) is 2. The molecule has 4 rings (SSSR count). The van der Waals surface area contributed by atoms with Crippen molar-refractivity contribution >= 4 is 28.1 Å². The molecular formula is C18H18N4O3S. The van der Waals surface area contributed by atoms with Crippen molar-refractivity contribution in [2.75, 3.05) is 17.2 Å². The van der Waals surface area contributed by atoms with E-state index in [1.807, 2.05) is 31.2 Å². The number of nitrogens with zero attached hydrogens (tertiary/aromatic N) is 2. The van der Waals surface area contributed by atoms with Crippen LogP contribution in [0.3, 0.4) is 0 Å². The first-order valence-corrected chi connectivity index (χ1v) is 9.09. The second-order valence-corrected chi connectivity index (χ2v) is 7.21. The standard InChI is InChI=1S/C18H18N4O3S/c1-10-4-3-5-12(8-10)20-18(23)21-17-15(16-19-11(2)22-25-16)13-6-7-24-9-14(13)26-17/h3-5,8H,6-7,9H2,1-2H3,(H2,20,21,23). The second-order valence-electron chi connectivity index (χ2n) is 6.11. The fourth-order valence-electron chi connectivity index (χ4n) is 2.93. The summed E-state index contributed by atoms with van der Waals surface area (Å²) in [6, 6.07) is 7.33. The highest BCUT2D eigenvalue weighted by molar-refractivity contribution is 7.17. The summed E-state index contributed by atoms with van der Waals surface area (Å²) in [6.07, 6.45) is 0.754. The van der Waals surface area contributed by atoms with Crippen LogP contribution in [0.2, 0.25) is 0 Å². The Bertz CT molecular complexity index is 963. The molecule has 1 aromatic carbocycles. The molecule has 0 atom stereocenters. The Morgan fingerprint density at radius 3 is 2.92 bits per heavy atom. The van der Waals surface area contributed by atoms with Crippen molar-refractivity contribution in [3.05, 3.63) is 46.1 Å². The van der Waals surface area contributed by atoms with Gasteiger partial charge in [-0.1, -0.05) is 17.3 Å². The number of urea groups is 1. The van der Waals surface area contributed by atoms with Crippen molar-refractivity contribution in [1.29, 1.82) is 0 Å². The predicted molar refractivity (Wildman–Crippen MR) is 99.5 cm³/mol. The van der Waals surface area contributed by atoms with E-state index in [4.69, 9.17) is 9.26 Å². The van der Waals surface area contributed by atoms with Crippen molar-refractivity contribution in [1.82, 2.24) is 10.1 Å². The molecule has 0 radical (unpaired) electrons. The fraction of sp³-hybridized carbons (Fsp3) is 0.278. The molecule has 1 aliphatic heterocycles. The van der Waals surface area contributed by atoms with Crippen LogP contribution in [0.25, 0.3) is 11.5 Å². The van der Waals surface area contributed by atoms with E-state index in [1.165, 1.54) is 11.3 Å². The molecule has 0 aliphatic carbocycles. The van der Waals surface area contributed by atoms with Gasteiger partial charge < -0.3 is 14.6 Å². The van der Waals surface area contributed by atoms with Crippen LogP contribution in [0.15, 0.2) is 28.8 Å². The molecule has 26 heavy (non-hydrogen) atoms. The maximum absolute atomic E-state index is 12.5. The Morgan fingerprint density at radius 1 is 1.27 bits per heavy atom. The lowest BCUT2D eigenvalue weighted by atomic mass is 10.1. The number of carbonyl (C=O) groups is 1. The number of hydrogen-bond acceptors (Lipinski definition) is 6. The average Bonchev–Trinajstić information content (AvgIpc) is 3.17. The molecule has 3 heterocycles. The molecule has 0 fully saturated rings. The highest BCUT2D eigenvalue weighted by Gasteiger charge is 2.26. The monoisotopic (exact) mass is 370 g/mol. The number of fused-ring (bicyclic) bond motifs is 1. The van der Waals surface area contributed by atoms with E-state index in [0.717, 1.165) is 33.7 Å². The summed E-state index contributed by atoms with van der Waals surface area (Å²) < 4.78 is 10.9. The second kappa shape index (κ2) is 6.89. The number of thiophene rings is 1. The minimum atomic E-state index is -0.312. The molecule has 3 aromatic rings. The number of ether oxygens (including phenoxy) is 1. The van der Waals surface area contributed by atoms with Crippen LogP contribution in [-0.4, -0.2) is 22.8 Å². The molecule has 0 saturated heterocycles. The summed E-state index contributed by atoms with van der Waals surface area (Å²) in [7, 11) is 0. The fourth-order valence-corrected chi connectivity index (χ4v) is 4.11. The molecule has 0 unspecified atom stereocenters. The van der Waals surface area contributed by atoms with Gasteiger partial charge in [0.15, 0.2) is 5.82 Å². The van der Waals surface area contributed by atoms with Crippen LogP contribution in [0.5, 0.6) is 0 Å². The third kappa shape index (κ3) is 3.33. The smallest absolute Gasteiger partial charge is 0.324 e. The van der Waals surface area contributed by atoms with E-state index < -0.39 is 0 Å². The van der Waals surface area contributed by atoms with E-state index in [1.54, 1.807) is 6.92 Å². The molecule has 0 saturated carbocycles. The van der Waals surface area contributed by atoms with E-state index in [0.29, 0.717) is 29.9 Å². The Hall–Kier alpha value is -2.71. The first kappa shape index (κ1) is 16.7. The lowest BCUT2D eigenvalue weighted by molar-refractivity contribution is 0.113. The maximum atomic E-state index is 12.5. The minimum Gasteiger partial charge on any atom is -0.376 e. The molecule has 0 spiro atoms. The highest BCUT2D eigenvalue weighted by atomic mass is 32.1. The van der Waals surface area contributed by atoms with Gasteiger partial charge in [-0.3, -0.25) is 5.32 Å². The van der Waals surface area contributed by atoms with Crippen LogP contribution in [0, 0.1) is 13.8 Å². The molecule has 2 amide bonds. The zero-order valence-electron chi connectivity index (χ0n) is 14.5. The van der Waals surface area contributed by atoms with Gasteiger partial charge in [0.25, 0.3) is 5.89 Å². The molecular weight excluding hydrogens is 352 g/mol. The molecule has 2 aromatic heterocycles. The number of rotatable bonds is 3. The third-order valence-electron chi connectivity index (χ3n) is 4.06. The molecule has 8 heteroatoms. The summed E-state index contributed by atoms with van der Waals surface area (Å²) in [5.74, 6) is 0.981. The first-order chi connectivity index (χ1) is 12.6. The van der Waals surface area contributed by atoms with Crippen molar-refractivity contribution in [2.24, 2.45) is 0 Å². The molecule has 134 valence electrons. The number of amides is 2. The van der Waals surface area contributed by atoms with Crippen LogP contribution in [-0.2, 0) is 17.8 Å². The number of hydrogen-bond donors (Lipinski definition) is 2. The normalized spacial score (nSPS) is 13.3. The average molecular weight is 370 g/mol. The van der Waals surface area contributed by atoms with Crippen molar-refractivity contribution in [3.8, 4) is 11.5 Å². The largest absolute Gasteiger partial charge is 0.376 e. The van der Waals surface area contributed by atoms with Gasteiger partial charge in [-0.25, -0.2) is 4.79 Å². The Balaban J connectivity index is 1.63. The number of carbonyl (C=O) groups excluding carboxylic acids is 1. The van der Waals surface area contributed by atoms with E-state index in [-0.39, 0.29) is 6.03 Å². The van der Waals surface area contributed by atoms with Gasteiger partial charge >= 0.3 is 6.03 Å². The maximum Gasteiger partial charge on any atom is 0.324 e. The van der Waals surface area contributed by atoms with Crippen LogP contribution in [0.1, 0.15) is 21.8 Å². The lowest BCUT2D eigenvalue weighted by Gasteiger charge is -2.12. The van der Waals surface area contributed by atoms with Gasteiger partial charge in [0.2, 0.25) is 0 Å². The molecule has 7 nitrogen and oxygen atoms in total. The number of benzene rings is 1. The molecule has 1 aliphatic rings. The SMILES string of the molecule is Cc1cccc(NC(=O)Nc2sc3c(c2-c2nc(C)no2)CCOC3)c1. The number of aromatic nitrogens is 2. The lowest BCUT2D eigenvalue weighted by Crippen LogP contribution is -2.19. The van der Waals surface area contributed by atoms with Crippen molar-refractivity contribution < 1.29 is 14.1 Å². The van der Waals surface area contributed by atoms with Crippen molar-refractivity contribution in [2.45, 2.75) is 26.9 Å². The zero-order chi connectivity index (χ0) is 18.1. The highest BCUT2D eigenvalue weighted by Crippen LogP contribution is 2.42. The van der Waals surface area contributed by atoms with E-state index >= 15 is 0 Å². The molecule has 0 bridgehead atoms. The summed E-state index contributed by atoms with van der Waals surface area (Å²) in [5, 5.41) is 10.4. The summed E-state index contributed by atoms with van der Waals surface area (Å²) in [5.41, 5.74) is 3.72. The van der Waals surface area contributed by atoms with Gasteiger partial charge in [-0.15, -0.1) is 11.3 Å². The summed E-state index contributed by atoms with van der Waals surface area (Å²) in [4.78, 5) is 17.9. The van der Waals surface area contributed by atoms with E-state index in [2.05, 4.69) is 20.8 Å². The van der Waals surface area contributed by atoms with Gasteiger partial charge in [-0.05, 0) is 43.5 Å². The zero-order valence-corrected chi connectivity index (χ0v) is 15.3. The minimum absolute atomic E-state index is 0.312. The van der Waals surface area contributed by atoms with Gasteiger partial charge in [0.05, 0.1) is 18.8 Å². The van der Waals surface area contributed by atoms with Crippen LogP contribution in [0.4, 0.5) is 15.5 Å². The first-order valence-electron chi connectivity index (χ1n) is 8.28. The Labute approximate surface area is 154 Å². The quantitative estimate of drug-likeness (QED) is 0.723. The summed E-state index contributed by atoms with van der Waals surface area (Å²) in [6.45, 7) is 4.92. The number of anilines is 2. The van der Waals surface area contributed by atoms with Crippen molar-refractivity contribution in [3.63, 3.8) is 0 Å². The predicted octanol–water partition coefficient (Wildman–Crippen LogP) is 4.13. The van der Waals surface area contributed by atoms with Gasteiger partial charge in [0.1, 0.15) is 5.00 Å². The Kier molecular flexibility index (Phi) is 4.44. The topological polar surface area (TPSA) is 89.3 Å². The third-order valence-corrected chi connectivity index (χ3v) is 5.19. The Morgan fingerprint density at radius 2 is 2.15 bits per heavy atom. The summed E-state index contributed by atoms with van der Waals surface area (Å²) >= 11 is 1.48.